The molecule has 0 aliphatic rings. The highest BCUT2D eigenvalue weighted by Gasteiger charge is 2.20. The first-order valence-electron chi connectivity index (χ1n) is 5.84. The van der Waals surface area contributed by atoms with Crippen LogP contribution in [-0.4, -0.2) is 13.1 Å². The van der Waals surface area contributed by atoms with Gasteiger partial charge in [0.15, 0.2) is 0 Å². The maximum atomic E-state index is 3.39. The second kappa shape index (κ2) is 7.37. The SMILES string of the molecule is CCCCC(C(C)CC)C(C)NC. The summed E-state index contributed by atoms with van der Waals surface area (Å²) >= 11 is 0. The van der Waals surface area contributed by atoms with Gasteiger partial charge in [0, 0.05) is 6.04 Å². The lowest BCUT2D eigenvalue weighted by Gasteiger charge is -2.28. The zero-order valence-electron chi connectivity index (χ0n) is 10.1. The lowest BCUT2D eigenvalue weighted by Crippen LogP contribution is -2.34. The van der Waals surface area contributed by atoms with E-state index >= 15 is 0 Å². The van der Waals surface area contributed by atoms with Crippen molar-refractivity contribution in [3.05, 3.63) is 0 Å². The highest BCUT2D eigenvalue weighted by molar-refractivity contribution is 4.75. The van der Waals surface area contributed by atoms with Gasteiger partial charge >= 0.3 is 0 Å². The predicted molar refractivity (Wildman–Crippen MR) is 61.0 cm³/mol. The van der Waals surface area contributed by atoms with Crippen molar-refractivity contribution in [2.45, 2.75) is 59.4 Å². The van der Waals surface area contributed by atoms with Crippen molar-refractivity contribution >= 4 is 0 Å². The fourth-order valence-electron chi connectivity index (χ4n) is 1.98. The molecule has 0 aromatic heterocycles. The van der Waals surface area contributed by atoms with Gasteiger partial charge in [-0.2, -0.15) is 0 Å². The molecule has 1 N–H and O–H groups in total. The molecule has 0 heterocycles. The Bertz CT molecular complexity index is 102. The summed E-state index contributed by atoms with van der Waals surface area (Å²) in [7, 11) is 2.08. The van der Waals surface area contributed by atoms with E-state index in [4.69, 9.17) is 0 Å². The molecule has 0 saturated carbocycles. The van der Waals surface area contributed by atoms with E-state index in [0.717, 1.165) is 11.8 Å². The molecule has 0 fully saturated rings. The summed E-state index contributed by atoms with van der Waals surface area (Å²) in [5.41, 5.74) is 0. The van der Waals surface area contributed by atoms with Crippen molar-refractivity contribution in [1.29, 1.82) is 0 Å². The minimum absolute atomic E-state index is 0.668. The summed E-state index contributed by atoms with van der Waals surface area (Å²) in [5.74, 6) is 1.71. The average Bonchev–Trinajstić information content (AvgIpc) is 2.17. The Kier molecular flexibility index (Phi) is 7.35. The normalized spacial score (nSPS) is 18.2. The number of nitrogens with one attached hydrogen (secondary N) is 1. The van der Waals surface area contributed by atoms with Crippen LogP contribution in [0.15, 0.2) is 0 Å². The van der Waals surface area contributed by atoms with Crippen LogP contribution in [0.1, 0.15) is 53.4 Å². The van der Waals surface area contributed by atoms with E-state index in [1.54, 1.807) is 0 Å². The highest BCUT2D eigenvalue weighted by atomic mass is 14.9. The maximum absolute atomic E-state index is 3.39. The van der Waals surface area contributed by atoms with Crippen LogP contribution < -0.4 is 5.32 Å². The summed E-state index contributed by atoms with van der Waals surface area (Å²) in [6, 6.07) is 0.668. The van der Waals surface area contributed by atoms with Crippen molar-refractivity contribution in [3.8, 4) is 0 Å². The lowest BCUT2D eigenvalue weighted by atomic mass is 9.82. The van der Waals surface area contributed by atoms with E-state index in [1.165, 1.54) is 25.7 Å². The second-order valence-electron chi connectivity index (χ2n) is 4.27. The predicted octanol–water partition coefficient (Wildman–Crippen LogP) is 3.45. The molecule has 0 bridgehead atoms. The third kappa shape index (κ3) is 4.66. The molecule has 0 aliphatic carbocycles. The van der Waals surface area contributed by atoms with Crippen molar-refractivity contribution in [2.24, 2.45) is 11.8 Å². The first-order chi connectivity index (χ1) is 6.17. The molecule has 80 valence electrons. The van der Waals surface area contributed by atoms with Crippen molar-refractivity contribution in [1.82, 2.24) is 5.32 Å². The Morgan fingerprint density at radius 1 is 1.15 bits per heavy atom. The summed E-state index contributed by atoms with van der Waals surface area (Å²) < 4.78 is 0. The first-order valence-corrected chi connectivity index (χ1v) is 5.84. The molecule has 1 heteroatoms. The number of hydrogen-bond acceptors (Lipinski definition) is 1. The highest BCUT2D eigenvalue weighted by Crippen LogP contribution is 2.24. The van der Waals surface area contributed by atoms with Gasteiger partial charge in [-0.3, -0.25) is 0 Å². The van der Waals surface area contributed by atoms with Gasteiger partial charge in [0.2, 0.25) is 0 Å². The topological polar surface area (TPSA) is 12.0 Å². The standard InChI is InChI=1S/C12H27N/c1-6-8-9-12(10(3)7-2)11(4)13-5/h10-13H,6-9H2,1-5H3. The van der Waals surface area contributed by atoms with Crippen LogP contribution in [0.4, 0.5) is 0 Å². The molecule has 0 spiro atoms. The van der Waals surface area contributed by atoms with Gasteiger partial charge in [-0.25, -0.2) is 0 Å². The summed E-state index contributed by atoms with van der Waals surface area (Å²) in [4.78, 5) is 0. The quantitative estimate of drug-likeness (QED) is 0.640. The molecule has 0 amide bonds. The van der Waals surface area contributed by atoms with Crippen LogP contribution in [0.2, 0.25) is 0 Å². The van der Waals surface area contributed by atoms with E-state index in [1.807, 2.05) is 0 Å². The Morgan fingerprint density at radius 3 is 2.15 bits per heavy atom. The van der Waals surface area contributed by atoms with E-state index < -0.39 is 0 Å². The molecule has 3 unspecified atom stereocenters. The van der Waals surface area contributed by atoms with Crippen LogP contribution in [-0.2, 0) is 0 Å². The molecular formula is C12H27N. The van der Waals surface area contributed by atoms with E-state index in [9.17, 15) is 0 Å². The molecule has 13 heavy (non-hydrogen) atoms. The zero-order chi connectivity index (χ0) is 10.3. The molecule has 0 radical (unpaired) electrons. The molecule has 0 aromatic rings. The molecule has 0 aromatic carbocycles. The minimum atomic E-state index is 0.668. The van der Waals surface area contributed by atoms with E-state index in [0.29, 0.717) is 6.04 Å². The van der Waals surface area contributed by atoms with Crippen molar-refractivity contribution in [2.75, 3.05) is 7.05 Å². The van der Waals surface area contributed by atoms with Crippen LogP contribution in [0.25, 0.3) is 0 Å². The Labute approximate surface area is 84.3 Å². The minimum Gasteiger partial charge on any atom is -0.317 e. The Balaban J connectivity index is 4.01. The van der Waals surface area contributed by atoms with Gasteiger partial charge in [-0.1, -0.05) is 40.0 Å². The van der Waals surface area contributed by atoms with Gasteiger partial charge in [-0.05, 0) is 32.2 Å². The van der Waals surface area contributed by atoms with Gasteiger partial charge in [0.25, 0.3) is 0 Å². The molecule has 0 rings (SSSR count). The van der Waals surface area contributed by atoms with Crippen molar-refractivity contribution in [3.63, 3.8) is 0 Å². The monoisotopic (exact) mass is 185 g/mol. The van der Waals surface area contributed by atoms with Crippen LogP contribution in [0.3, 0.4) is 0 Å². The van der Waals surface area contributed by atoms with Crippen LogP contribution >= 0.6 is 0 Å². The molecule has 0 saturated heterocycles. The van der Waals surface area contributed by atoms with Crippen molar-refractivity contribution < 1.29 is 0 Å². The smallest absolute Gasteiger partial charge is 0.00665 e. The fourth-order valence-corrected chi connectivity index (χ4v) is 1.98. The van der Waals surface area contributed by atoms with E-state index in [2.05, 4.69) is 40.1 Å². The molecular weight excluding hydrogens is 158 g/mol. The zero-order valence-corrected chi connectivity index (χ0v) is 10.1. The second-order valence-corrected chi connectivity index (χ2v) is 4.27. The third-order valence-electron chi connectivity index (χ3n) is 3.36. The van der Waals surface area contributed by atoms with E-state index in [-0.39, 0.29) is 0 Å². The van der Waals surface area contributed by atoms with Crippen LogP contribution in [0.5, 0.6) is 0 Å². The van der Waals surface area contributed by atoms with Gasteiger partial charge in [0.1, 0.15) is 0 Å². The summed E-state index contributed by atoms with van der Waals surface area (Å²) in [6.07, 6.45) is 5.39. The molecule has 1 nitrogen and oxygen atoms in total. The van der Waals surface area contributed by atoms with Gasteiger partial charge in [-0.15, -0.1) is 0 Å². The summed E-state index contributed by atoms with van der Waals surface area (Å²) in [6.45, 7) is 9.27. The fraction of sp³-hybridized carbons (Fsp3) is 1.00. The molecule has 3 atom stereocenters. The molecule has 0 aliphatic heterocycles. The first kappa shape index (κ1) is 13.0. The number of rotatable bonds is 7. The Hall–Kier alpha value is -0.0400. The average molecular weight is 185 g/mol. The third-order valence-corrected chi connectivity index (χ3v) is 3.36. The van der Waals surface area contributed by atoms with Gasteiger partial charge in [0.05, 0.1) is 0 Å². The maximum Gasteiger partial charge on any atom is 0.00665 e. The number of unbranched alkanes of at least 4 members (excludes halogenated alkanes) is 1. The number of hydrogen-bond donors (Lipinski definition) is 1. The largest absolute Gasteiger partial charge is 0.317 e. The van der Waals surface area contributed by atoms with Gasteiger partial charge < -0.3 is 5.32 Å². The summed E-state index contributed by atoms with van der Waals surface area (Å²) in [5, 5.41) is 3.39. The Morgan fingerprint density at radius 2 is 1.77 bits per heavy atom. The van der Waals surface area contributed by atoms with Crippen LogP contribution in [0, 0.1) is 11.8 Å². The lowest BCUT2D eigenvalue weighted by molar-refractivity contribution is 0.256.